The molecule has 9 heteroatoms. The van der Waals surface area contributed by atoms with Gasteiger partial charge in [-0.1, -0.05) is 0 Å². The monoisotopic (exact) mass is 396 g/mol. The van der Waals surface area contributed by atoms with Gasteiger partial charge in [-0.05, 0) is 32.1 Å². The number of nitrogens with zero attached hydrogens (tertiary/aromatic N) is 1. The standard InChI is InChI=1S/C18H28N4O4S/c1-25-15-9-26-8-14(15)22-17(24)11-2-4-12(5-3-11)20-16(23)7-6-13-10-27-18(19)21-13/h10-12,14-15H,2-9H2,1H3,(H2,19,21)(H,20,23)(H,22,24)/t11?,12?,14-,15-/m0/s1. The molecule has 4 N–H and O–H groups in total. The lowest BCUT2D eigenvalue weighted by Gasteiger charge is -2.29. The smallest absolute Gasteiger partial charge is 0.223 e. The number of hydrogen-bond donors (Lipinski definition) is 3. The summed E-state index contributed by atoms with van der Waals surface area (Å²) in [6.45, 7) is 1.02. The van der Waals surface area contributed by atoms with Crippen molar-refractivity contribution in [3.63, 3.8) is 0 Å². The van der Waals surface area contributed by atoms with Gasteiger partial charge in [0.05, 0.1) is 24.9 Å². The summed E-state index contributed by atoms with van der Waals surface area (Å²) in [5.41, 5.74) is 6.46. The Kier molecular flexibility index (Phi) is 7.03. The molecule has 2 atom stereocenters. The molecule has 27 heavy (non-hydrogen) atoms. The minimum atomic E-state index is -0.0716. The van der Waals surface area contributed by atoms with Crippen LogP contribution in [0.15, 0.2) is 5.38 Å². The van der Waals surface area contributed by atoms with Crippen molar-refractivity contribution in [2.45, 2.75) is 56.7 Å². The fourth-order valence-electron chi connectivity index (χ4n) is 3.68. The molecule has 0 bridgehead atoms. The van der Waals surface area contributed by atoms with Crippen molar-refractivity contribution in [1.29, 1.82) is 0 Å². The number of thiazole rings is 1. The van der Waals surface area contributed by atoms with E-state index in [-0.39, 0.29) is 35.9 Å². The number of ether oxygens (including phenoxy) is 2. The number of aryl methyl sites for hydroxylation is 1. The Morgan fingerprint density at radius 1 is 1.30 bits per heavy atom. The first-order chi connectivity index (χ1) is 13.0. The van der Waals surface area contributed by atoms with Crippen LogP contribution in [0.4, 0.5) is 5.13 Å². The third-order valence-electron chi connectivity index (χ3n) is 5.30. The van der Waals surface area contributed by atoms with Crippen molar-refractivity contribution >= 4 is 28.3 Å². The average molecular weight is 397 g/mol. The Morgan fingerprint density at radius 3 is 2.74 bits per heavy atom. The zero-order valence-electron chi connectivity index (χ0n) is 15.6. The van der Waals surface area contributed by atoms with E-state index in [2.05, 4.69) is 15.6 Å². The van der Waals surface area contributed by atoms with Crippen molar-refractivity contribution in [1.82, 2.24) is 15.6 Å². The molecule has 1 saturated carbocycles. The molecule has 1 saturated heterocycles. The maximum atomic E-state index is 12.5. The van der Waals surface area contributed by atoms with Crippen molar-refractivity contribution in [3.05, 3.63) is 11.1 Å². The number of hydrogen-bond acceptors (Lipinski definition) is 7. The van der Waals surface area contributed by atoms with E-state index >= 15 is 0 Å². The normalized spacial score (nSPS) is 28.0. The summed E-state index contributed by atoms with van der Waals surface area (Å²) in [5, 5.41) is 8.55. The number of carbonyl (C=O) groups excluding carboxylic acids is 2. The Bertz CT molecular complexity index is 645. The first-order valence-corrected chi connectivity index (χ1v) is 10.3. The number of anilines is 1. The van der Waals surface area contributed by atoms with Crippen LogP contribution >= 0.6 is 11.3 Å². The van der Waals surface area contributed by atoms with E-state index in [1.54, 1.807) is 7.11 Å². The maximum absolute atomic E-state index is 12.5. The molecule has 2 heterocycles. The highest BCUT2D eigenvalue weighted by atomic mass is 32.1. The van der Waals surface area contributed by atoms with Gasteiger partial charge in [-0.15, -0.1) is 11.3 Å². The minimum absolute atomic E-state index is 0.00533. The number of aromatic nitrogens is 1. The SMILES string of the molecule is CO[C@H]1COC[C@@H]1NC(=O)C1CCC(NC(=O)CCc2csc(N)n2)CC1. The highest BCUT2D eigenvalue weighted by Crippen LogP contribution is 2.25. The van der Waals surface area contributed by atoms with Gasteiger partial charge in [-0.3, -0.25) is 9.59 Å². The number of rotatable bonds is 7. The second-order valence-corrected chi connectivity index (χ2v) is 8.11. The van der Waals surface area contributed by atoms with Gasteiger partial charge < -0.3 is 25.8 Å². The lowest BCUT2D eigenvalue weighted by Crippen LogP contribution is -2.47. The molecule has 1 aromatic rings. The Labute approximate surface area is 163 Å². The molecule has 0 spiro atoms. The van der Waals surface area contributed by atoms with Crippen LogP contribution < -0.4 is 16.4 Å². The Hall–Kier alpha value is -1.71. The highest BCUT2D eigenvalue weighted by Gasteiger charge is 2.33. The summed E-state index contributed by atoms with van der Waals surface area (Å²) in [4.78, 5) is 28.8. The summed E-state index contributed by atoms with van der Waals surface area (Å²) in [7, 11) is 1.63. The average Bonchev–Trinajstić information content (AvgIpc) is 3.29. The van der Waals surface area contributed by atoms with Crippen molar-refractivity contribution < 1.29 is 19.1 Å². The summed E-state index contributed by atoms with van der Waals surface area (Å²) < 4.78 is 10.7. The van der Waals surface area contributed by atoms with Gasteiger partial charge in [0.1, 0.15) is 6.10 Å². The second kappa shape index (κ2) is 9.48. The quantitative estimate of drug-likeness (QED) is 0.630. The van der Waals surface area contributed by atoms with Crippen LogP contribution in [0, 0.1) is 5.92 Å². The van der Waals surface area contributed by atoms with Crippen LogP contribution in [0.5, 0.6) is 0 Å². The van der Waals surface area contributed by atoms with E-state index in [4.69, 9.17) is 15.2 Å². The molecular formula is C18H28N4O4S. The van der Waals surface area contributed by atoms with Crippen LogP contribution in [0.3, 0.4) is 0 Å². The number of nitrogens with one attached hydrogen (secondary N) is 2. The van der Waals surface area contributed by atoms with Gasteiger partial charge in [0, 0.05) is 30.9 Å². The van der Waals surface area contributed by atoms with Crippen molar-refractivity contribution in [3.8, 4) is 0 Å². The summed E-state index contributed by atoms with van der Waals surface area (Å²) in [6.07, 6.45) is 4.14. The molecule has 150 valence electrons. The molecule has 3 rings (SSSR count). The number of amides is 2. The zero-order valence-corrected chi connectivity index (χ0v) is 16.4. The second-order valence-electron chi connectivity index (χ2n) is 7.22. The minimum Gasteiger partial charge on any atom is -0.377 e. The van der Waals surface area contributed by atoms with E-state index < -0.39 is 0 Å². The molecule has 1 aliphatic heterocycles. The van der Waals surface area contributed by atoms with Gasteiger partial charge in [0.25, 0.3) is 0 Å². The number of carbonyl (C=O) groups is 2. The highest BCUT2D eigenvalue weighted by molar-refractivity contribution is 7.13. The first-order valence-electron chi connectivity index (χ1n) is 9.45. The largest absolute Gasteiger partial charge is 0.377 e. The third-order valence-corrected chi connectivity index (χ3v) is 6.02. The molecule has 0 radical (unpaired) electrons. The number of methoxy groups -OCH3 is 1. The molecule has 8 nitrogen and oxygen atoms in total. The number of nitrogen functional groups attached to an aromatic ring is 1. The van der Waals surface area contributed by atoms with Gasteiger partial charge in [-0.2, -0.15) is 0 Å². The van der Waals surface area contributed by atoms with E-state index in [0.717, 1.165) is 31.4 Å². The summed E-state index contributed by atoms with van der Waals surface area (Å²) in [6, 6.07) is 0.0725. The molecule has 2 aliphatic rings. The third kappa shape index (κ3) is 5.63. The maximum Gasteiger partial charge on any atom is 0.223 e. The van der Waals surface area contributed by atoms with Gasteiger partial charge in [0.2, 0.25) is 11.8 Å². The molecule has 1 aromatic heterocycles. The summed E-state index contributed by atoms with van der Waals surface area (Å²) >= 11 is 1.39. The Morgan fingerprint density at radius 2 is 2.07 bits per heavy atom. The van der Waals surface area contributed by atoms with Crippen LogP contribution in [0.1, 0.15) is 37.8 Å². The molecule has 1 aliphatic carbocycles. The van der Waals surface area contributed by atoms with Crippen LogP contribution in [0.25, 0.3) is 0 Å². The van der Waals surface area contributed by atoms with Crippen LogP contribution in [-0.2, 0) is 25.5 Å². The van der Waals surface area contributed by atoms with Crippen molar-refractivity contribution in [2.24, 2.45) is 5.92 Å². The van der Waals surface area contributed by atoms with Gasteiger partial charge in [0.15, 0.2) is 5.13 Å². The van der Waals surface area contributed by atoms with E-state index in [1.807, 2.05) is 5.38 Å². The number of nitrogens with two attached hydrogens (primary N) is 1. The van der Waals surface area contributed by atoms with E-state index in [1.165, 1.54) is 11.3 Å². The van der Waals surface area contributed by atoms with Crippen LogP contribution in [-0.4, -0.2) is 55.3 Å². The molecule has 0 unspecified atom stereocenters. The molecule has 2 amide bonds. The first kappa shape index (κ1) is 20.0. The van der Waals surface area contributed by atoms with Crippen LogP contribution in [0.2, 0.25) is 0 Å². The fourth-order valence-corrected chi connectivity index (χ4v) is 4.28. The predicted molar refractivity (Wildman–Crippen MR) is 102 cm³/mol. The fraction of sp³-hybridized carbons (Fsp3) is 0.722. The lowest BCUT2D eigenvalue weighted by atomic mass is 9.85. The zero-order chi connectivity index (χ0) is 19.2. The van der Waals surface area contributed by atoms with Gasteiger partial charge in [-0.25, -0.2) is 4.98 Å². The van der Waals surface area contributed by atoms with Crippen molar-refractivity contribution in [2.75, 3.05) is 26.1 Å². The molecule has 0 aromatic carbocycles. The summed E-state index contributed by atoms with van der Waals surface area (Å²) in [5.74, 6) is 0.0909. The topological polar surface area (TPSA) is 116 Å². The molecule has 2 fully saturated rings. The molecular weight excluding hydrogens is 368 g/mol. The predicted octanol–water partition coefficient (Wildman–Crippen LogP) is 0.863. The Balaban J connectivity index is 1.35. The lowest BCUT2D eigenvalue weighted by molar-refractivity contribution is -0.127. The van der Waals surface area contributed by atoms with E-state index in [9.17, 15) is 9.59 Å². The van der Waals surface area contributed by atoms with E-state index in [0.29, 0.717) is 31.2 Å². The van der Waals surface area contributed by atoms with Gasteiger partial charge >= 0.3 is 0 Å².